The first-order valence-corrected chi connectivity index (χ1v) is 11.2. The highest BCUT2D eigenvalue weighted by molar-refractivity contribution is 7.98. The average Bonchev–Trinajstić information content (AvgIpc) is 3.33. The van der Waals surface area contributed by atoms with Crippen molar-refractivity contribution in [3.8, 4) is 22.0 Å². The second kappa shape index (κ2) is 8.47. The van der Waals surface area contributed by atoms with Gasteiger partial charge in [0.2, 0.25) is 0 Å². The molecule has 0 bridgehead atoms. The van der Waals surface area contributed by atoms with Gasteiger partial charge in [-0.3, -0.25) is 0 Å². The lowest BCUT2D eigenvalue weighted by molar-refractivity contribution is 0.687. The van der Waals surface area contributed by atoms with Crippen molar-refractivity contribution < 1.29 is 0 Å². The van der Waals surface area contributed by atoms with Gasteiger partial charge in [0.1, 0.15) is 5.01 Å². The van der Waals surface area contributed by atoms with Crippen molar-refractivity contribution in [3.63, 3.8) is 0 Å². The quantitative estimate of drug-likeness (QED) is 0.337. The Morgan fingerprint density at radius 2 is 1.79 bits per heavy atom. The zero-order chi connectivity index (χ0) is 19.5. The predicted octanol–water partition coefficient (Wildman–Crippen LogP) is 6.34. The molecule has 2 aromatic carbocycles. The summed E-state index contributed by atoms with van der Waals surface area (Å²) >= 11 is 9.57. The summed E-state index contributed by atoms with van der Waals surface area (Å²) in [4.78, 5) is 4.75. The molecule has 4 aromatic rings. The van der Waals surface area contributed by atoms with Crippen LogP contribution in [0.3, 0.4) is 0 Å². The SMILES string of the molecule is CCn1c(SCc2csc(-c3ccccc3Cl)n2)nnc1-c1ccccc1C. The Morgan fingerprint density at radius 1 is 1.04 bits per heavy atom. The van der Waals surface area contributed by atoms with Crippen LogP contribution < -0.4 is 0 Å². The van der Waals surface area contributed by atoms with E-state index < -0.39 is 0 Å². The van der Waals surface area contributed by atoms with Crippen LogP contribution in [-0.4, -0.2) is 19.7 Å². The van der Waals surface area contributed by atoms with E-state index in [9.17, 15) is 0 Å². The molecule has 0 amide bonds. The Kier molecular flexibility index (Phi) is 5.80. The van der Waals surface area contributed by atoms with E-state index >= 15 is 0 Å². The lowest BCUT2D eigenvalue weighted by Crippen LogP contribution is -2.00. The fraction of sp³-hybridized carbons (Fsp3) is 0.190. The first kappa shape index (κ1) is 19.2. The zero-order valence-corrected chi connectivity index (χ0v) is 18.0. The molecule has 0 spiro atoms. The number of nitrogens with zero attached hydrogens (tertiary/aromatic N) is 4. The van der Waals surface area contributed by atoms with Crippen LogP contribution in [0.4, 0.5) is 0 Å². The molecule has 4 nitrogen and oxygen atoms in total. The molecular weight excluding hydrogens is 408 g/mol. The molecule has 0 radical (unpaired) electrons. The fourth-order valence-electron chi connectivity index (χ4n) is 2.97. The van der Waals surface area contributed by atoms with Gasteiger partial charge in [0.25, 0.3) is 0 Å². The predicted molar refractivity (Wildman–Crippen MR) is 118 cm³/mol. The van der Waals surface area contributed by atoms with Crippen LogP contribution in [0.5, 0.6) is 0 Å². The van der Waals surface area contributed by atoms with Crippen LogP contribution >= 0.6 is 34.7 Å². The van der Waals surface area contributed by atoms with Crippen LogP contribution in [0.25, 0.3) is 22.0 Å². The molecule has 0 atom stereocenters. The molecule has 0 saturated heterocycles. The monoisotopic (exact) mass is 426 g/mol. The molecule has 7 heteroatoms. The topological polar surface area (TPSA) is 43.6 Å². The number of aromatic nitrogens is 4. The molecule has 0 saturated carbocycles. The fourth-order valence-corrected chi connectivity index (χ4v) is 5.11. The van der Waals surface area contributed by atoms with Gasteiger partial charge in [-0.2, -0.15) is 0 Å². The number of thiazole rings is 1. The van der Waals surface area contributed by atoms with E-state index in [1.807, 2.05) is 36.4 Å². The summed E-state index contributed by atoms with van der Waals surface area (Å²) in [5, 5.41) is 13.5. The maximum atomic E-state index is 6.29. The van der Waals surface area contributed by atoms with E-state index in [0.29, 0.717) is 0 Å². The molecule has 0 aliphatic carbocycles. The lowest BCUT2D eigenvalue weighted by Gasteiger charge is -2.08. The van der Waals surface area contributed by atoms with Gasteiger partial charge in [-0.05, 0) is 25.5 Å². The van der Waals surface area contributed by atoms with E-state index in [0.717, 1.165) is 50.1 Å². The second-order valence-electron chi connectivity index (χ2n) is 6.28. The third-order valence-electron chi connectivity index (χ3n) is 4.42. The van der Waals surface area contributed by atoms with Gasteiger partial charge >= 0.3 is 0 Å². The van der Waals surface area contributed by atoms with Crippen molar-refractivity contribution >= 4 is 34.7 Å². The smallest absolute Gasteiger partial charge is 0.191 e. The molecular formula is C21H19ClN4S2. The zero-order valence-electron chi connectivity index (χ0n) is 15.6. The normalized spacial score (nSPS) is 11.1. The summed E-state index contributed by atoms with van der Waals surface area (Å²) in [6.45, 7) is 5.04. The Hall–Kier alpha value is -2.15. The van der Waals surface area contributed by atoms with E-state index in [4.69, 9.17) is 16.6 Å². The molecule has 2 aromatic heterocycles. The van der Waals surface area contributed by atoms with Crippen LogP contribution in [-0.2, 0) is 12.3 Å². The average molecular weight is 427 g/mol. The summed E-state index contributed by atoms with van der Waals surface area (Å²) in [6, 6.07) is 16.1. The highest BCUT2D eigenvalue weighted by Gasteiger charge is 2.15. The van der Waals surface area contributed by atoms with Gasteiger partial charge < -0.3 is 4.57 Å². The Morgan fingerprint density at radius 3 is 2.54 bits per heavy atom. The van der Waals surface area contributed by atoms with Crippen molar-refractivity contribution in [1.29, 1.82) is 0 Å². The Bertz CT molecular complexity index is 1100. The first-order valence-electron chi connectivity index (χ1n) is 8.98. The number of halogens is 1. The summed E-state index contributed by atoms with van der Waals surface area (Å²) in [6.07, 6.45) is 0. The largest absolute Gasteiger partial charge is 0.302 e. The number of thioether (sulfide) groups is 1. The van der Waals surface area contributed by atoms with Crippen LogP contribution in [0.1, 0.15) is 18.2 Å². The van der Waals surface area contributed by atoms with Gasteiger partial charge in [0.05, 0.1) is 10.7 Å². The maximum absolute atomic E-state index is 6.29. The minimum Gasteiger partial charge on any atom is -0.302 e. The molecule has 4 rings (SSSR count). The molecule has 0 aliphatic heterocycles. The van der Waals surface area contributed by atoms with E-state index in [1.165, 1.54) is 5.56 Å². The van der Waals surface area contributed by atoms with Crippen LogP contribution in [0, 0.1) is 6.92 Å². The van der Waals surface area contributed by atoms with Crippen molar-refractivity contribution in [3.05, 3.63) is 70.2 Å². The summed E-state index contributed by atoms with van der Waals surface area (Å²) in [5.41, 5.74) is 4.32. The summed E-state index contributed by atoms with van der Waals surface area (Å²) in [5.74, 6) is 1.66. The van der Waals surface area contributed by atoms with Crippen molar-refractivity contribution in [2.24, 2.45) is 0 Å². The summed E-state index contributed by atoms with van der Waals surface area (Å²) < 4.78 is 2.16. The van der Waals surface area contributed by atoms with Gasteiger partial charge in [0.15, 0.2) is 11.0 Å². The molecule has 0 aliphatic rings. The second-order valence-corrected chi connectivity index (χ2v) is 8.49. The Labute approximate surface area is 177 Å². The summed E-state index contributed by atoms with van der Waals surface area (Å²) in [7, 11) is 0. The van der Waals surface area contributed by atoms with Crippen molar-refractivity contribution in [1.82, 2.24) is 19.7 Å². The first-order chi connectivity index (χ1) is 13.7. The standard InChI is InChI=1S/C21H19ClN4S2/c1-3-26-19(16-9-5-4-8-14(16)2)24-25-21(26)28-13-15-12-27-20(23-15)17-10-6-7-11-18(17)22/h4-12H,3,13H2,1-2H3. The molecule has 142 valence electrons. The molecule has 28 heavy (non-hydrogen) atoms. The number of benzene rings is 2. The van der Waals surface area contributed by atoms with Gasteiger partial charge in [0, 0.05) is 28.8 Å². The number of hydrogen-bond donors (Lipinski definition) is 0. The number of hydrogen-bond acceptors (Lipinski definition) is 5. The van der Waals surface area contributed by atoms with E-state index in [-0.39, 0.29) is 0 Å². The van der Waals surface area contributed by atoms with Gasteiger partial charge in [-0.15, -0.1) is 21.5 Å². The molecule has 0 N–H and O–H groups in total. The van der Waals surface area contributed by atoms with Crippen LogP contribution in [0.15, 0.2) is 59.1 Å². The highest BCUT2D eigenvalue weighted by atomic mass is 35.5. The number of aryl methyl sites for hydroxylation is 1. The highest BCUT2D eigenvalue weighted by Crippen LogP contribution is 2.32. The van der Waals surface area contributed by atoms with E-state index in [1.54, 1.807) is 23.1 Å². The third kappa shape index (κ3) is 3.85. The third-order valence-corrected chi connectivity index (χ3v) is 6.68. The van der Waals surface area contributed by atoms with Crippen molar-refractivity contribution in [2.45, 2.75) is 31.3 Å². The lowest BCUT2D eigenvalue weighted by atomic mass is 10.1. The molecule has 0 unspecified atom stereocenters. The molecule has 0 fully saturated rings. The van der Waals surface area contributed by atoms with E-state index in [2.05, 4.69) is 46.1 Å². The Balaban J connectivity index is 1.54. The van der Waals surface area contributed by atoms with Crippen molar-refractivity contribution in [2.75, 3.05) is 0 Å². The minimum absolute atomic E-state index is 0.727. The maximum Gasteiger partial charge on any atom is 0.191 e. The minimum atomic E-state index is 0.727. The number of rotatable bonds is 6. The molecule has 2 heterocycles. The van der Waals surface area contributed by atoms with Crippen LogP contribution in [0.2, 0.25) is 5.02 Å². The van der Waals surface area contributed by atoms with Gasteiger partial charge in [-0.25, -0.2) is 4.98 Å². The van der Waals surface area contributed by atoms with Gasteiger partial charge in [-0.1, -0.05) is 65.8 Å².